The average Bonchev–Trinajstić information content (AvgIpc) is 2.38. The molecule has 0 aliphatic rings. The Kier molecular flexibility index (Phi) is 4.15. The van der Waals surface area contributed by atoms with Crippen LogP contribution >= 0.6 is 0 Å². The van der Waals surface area contributed by atoms with Crippen LogP contribution in [0.15, 0.2) is 30.3 Å². The van der Waals surface area contributed by atoms with Crippen molar-refractivity contribution in [2.75, 3.05) is 0 Å². The minimum atomic E-state index is 0.180. The van der Waals surface area contributed by atoms with E-state index in [1.165, 1.54) is 0 Å². The number of benzene rings is 1. The summed E-state index contributed by atoms with van der Waals surface area (Å²) in [5.41, 5.74) is 6.55. The van der Waals surface area contributed by atoms with Crippen LogP contribution in [0.2, 0.25) is 0 Å². The third kappa shape index (κ3) is 2.79. The minimum absolute atomic E-state index is 0.180. The molecule has 0 aliphatic heterocycles. The Morgan fingerprint density at radius 1 is 1.33 bits per heavy atom. The summed E-state index contributed by atoms with van der Waals surface area (Å²) in [5.74, 6) is 0.703. The second-order valence-corrected chi connectivity index (χ2v) is 4.56. The second-order valence-electron chi connectivity index (χ2n) is 4.56. The van der Waals surface area contributed by atoms with E-state index in [4.69, 9.17) is 10.5 Å². The topological polar surface area (TPSA) is 48.1 Å². The van der Waals surface area contributed by atoms with Crippen LogP contribution in [-0.2, 0) is 6.54 Å². The Labute approximate surface area is 108 Å². The molecule has 0 amide bonds. The van der Waals surface area contributed by atoms with Crippen molar-refractivity contribution in [1.29, 1.82) is 0 Å². The Hall–Kier alpha value is -1.61. The minimum Gasteiger partial charge on any atom is -0.474 e. The van der Waals surface area contributed by atoms with Gasteiger partial charge in [0.2, 0.25) is 5.88 Å². The van der Waals surface area contributed by atoms with Crippen molar-refractivity contribution < 1.29 is 4.74 Å². The smallest absolute Gasteiger partial charge is 0.221 e. The van der Waals surface area contributed by atoms with E-state index in [0.29, 0.717) is 12.4 Å². The van der Waals surface area contributed by atoms with E-state index in [0.717, 1.165) is 29.3 Å². The van der Waals surface area contributed by atoms with Crippen molar-refractivity contribution in [3.63, 3.8) is 0 Å². The fourth-order valence-corrected chi connectivity index (χ4v) is 2.07. The first kappa shape index (κ1) is 12.8. The Morgan fingerprint density at radius 3 is 2.83 bits per heavy atom. The third-order valence-electron chi connectivity index (χ3n) is 2.98. The molecule has 1 aromatic heterocycles. The molecule has 0 spiro atoms. The van der Waals surface area contributed by atoms with Gasteiger partial charge in [-0.3, -0.25) is 0 Å². The van der Waals surface area contributed by atoms with E-state index in [1.807, 2.05) is 24.3 Å². The molecule has 3 nitrogen and oxygen atoms in total. The van der Waals surface area contributed by atoms with Crippen LogP contribution < -0.4 is 10.5 Å². The molecule has 1 unspecified atom stereocenters. The van der Waals surface area contributed by atoms with Crippen LogP contribution in [0.5, 0.6) is 5.88 Å². The Bertz CT molecular complexity index is 525. The van der Waals surface area contributed by atoms with Gasteiger partial charge in [-0.25, -0.2) is 4.98 Å². The third-order valence-corrected chi connectivity index (χ3v) is 2.98. The van der Waals surface area contributed by atoms with E-state index in [-0.39, 0.29) is 6.10 Å². The zero-order valence-electron chi connectivity index (χ0n) is 11.0. The highest BCUT2D eigenvalue weighted by atomic mass is 16.5. The number of nitrogens with zero attached hydrogens (tertiary/aromatic N) is 1. The van der Waals surface area contributed by atoms with Gasteiger partial charge in [-0.2, -0.15) is 0 Å². The average molecular weight is 244 g/mol. The molecule has 3 heteroatoms. The van der Waals surface area contributed by atoms with Gasteiger partial charge in [0, 0.05) is 11.9 Å². The maximum atomic E-state index is 5.94. The SMILES string of the molecule is CCCC(C)Oc1nc(CN)cc2ccccc12. The summed E-state index contributed by atoms with van der Waals surface area (Å²) in [7, 11) is 0. The largest absolute Gasteiger partial charge is 0.474 e. The molecule has 0 saturated carbocycles. The fourth-order valence-electron chi connectivity index (χ4n) is 2.07. The summed E-state index contributed by atoms with van der Waals surface area (Å²) in [6.07, 6.45) is 2.32. The summed E-state index contributed by atoms with van der Waals surface area (Å²) in [5, 5.41) is 2.18. The lowest BCUT2D eigenvalue weighted by molar-refractivity contribution is 0.204. The molecule has 1 aromatic carbocycles. The number of fused-ring (bicyclic) bond motifs is 1. The quantitative estimate of drug-likeness (QED) is 0.878. The van der Waals surface area contributed by atoms with E-state index < -0.39 is 0 Å². The van der Waals surface area contributed by atoms with E-state index >= 15 is 0 Å². The number of pyridine rings is 1. The van der Waals surface area contributed by atoms with Gasteiger partial charge in [0.15, 0.2) is 0 Å². The predicted molar refractivity (Wildman–Crippen MR) is 74.6 cm³/mol. The highest BCUT2D eigenvalue weighted by Gasteiger charge is 2.09. The standard InChI is InChI=1S/C15H20N2O/c1-3-6-11(2)18-15-14-8-5-4-7-12(14)9-13(10-16)17-15/h4-5,7-9,11H,3,6,10,16H2,1-2H3. The second kappa shape index (κ2) is 5.83. The number of hydrogen-bond acceptors (Lipinski definition) is 3. The highest BCUT2D eigenvalue weighted by Crippen LogP contribution is 2.25. The molecule has 0 saturated heterocycles. The zero-order chi connectivity index (χ0) is 13.0. The van der Waals surface area contributed by atoms with Crippen molar-refractivity contribution in [2.24, 2.45) is 5.73 Å². The zero-order valence-corrected chi connectivity index (χ0v) is 11.0. The molecule has 96 valence electrons. The first-order chi connectivity index (χ1) is 8.74. The summed E-state index contributed by atoms with van der Waals surface area (Å²) in [6, 6.07) is 10.1. The molecule has 0 aliphatic carbocycles. The van der Waals surface area contributed by atoms with Crippen molar-refractivity contribution in [3.8, 4) is 5.88 Å². The first-order valence-corrected chi connectivity index (χ1v) is 6.50. The van der Waals surface area contributed by atoms with Gasteiger partial charge >= 0.3 is 0 Å². The van der Waals surface area contributed by atoms with Gasteiger partial charge in [-0.1, -0.05) is 31.5 Å². The van der Waals surface area contributed by atoms with Crippen molar-refractivity contribution >= 4 is 10.8 Å². The lowest BCUT2D eigenvalue weighted by atomic mass is 10.1. The summed E-state index contributed by atoms with van der Waals surface area (Å²) in [4.78, 5) is 4.49. The highest BCUT2D eigenvalue weighted by molar-refractivity contribution is 5.87. The summed E-state index contributed by atoms with van der Waals surface area (Å²) < 4.78 is 5.94. The lowest BCUT2D eigenvalue weighted by Gasteiger charge is -2.15. The molecule has 2 N–H and O–H groups in total. The molecule has 0 radical (unpaired) electrons. The van der Waals surface area contributed by atoms with Gasteiger partial charge in [-0.05, 0) is 30.9 Å². The van der Waals surface area contributed by atoms with Gasteiger partial charge in [0.25, 0.3) is 0 Å². The van der Waals surface area contributed by atoms with Gasteiger partial charge in [0.1, 0.15) is 0 Å². The Balaban J connectivity index is 2.40. The van der Waals surface area contributed by atoms with Gasteiger partial charge < -0.3 is 10.5 Å². The van der Waals surface area contributed by atoms with Crippen molar-refractivity contribution in [2.45, 2.75) is 39.3 Å². The van der Waals surface area contributed by atoms with E-state index in [1.54, 1.807) is 0 Å². The first-order valence-electron chi connectivity index (χ1n) is 6.50. The molecule has 1 atom stereocenters. The predicted octanol–water partition coefficient (Wildman–Crippen LogP) is 3.26. The van der Waals surface area contributed by atoms with Crippen molar-refractivity contribution in [1.82, 2.24) is 4.98 Å². The molecule has 1 heterocycles. The fraction of sp³-hybridized carbons (Fsp3) is 0.400. The summed E-state index contributed by atoms with van der Waals surface area (Å²) in [6.45, 7) is 4.67. The van der Waals surface area contributed by atoms with Crippen LogP contribution in [0, 0.1) is 0 Å². The maximum Gasteiger partial charge on any atom is 0.221 e. The molecular weight excluding hydrogens is 224 g/mol. The van der Waals surface area contributed by atoms with Gasteiger partial charge in [-0.15, -0.1) is 0 Å². The Morgan fingerprint density at radius 2 is 2.11 bits per heavy atom. The number of nitrogens with two attached hydrogens (primary N) is 1. The van der Waals surface area contributed by atoms with Crippen LogP contribution in [0.1, 0.15) is 32.4 Å². The van der Waals surface area contributed by atoms with Crippen LogP contribution in [0.25, 0.3) is 10.8 Å². The van der Waals surface area contributed by atoms with Gasteiger partial charge in [0.05, 0.1) is 11.8 Å². The molecule has 2 aromatic rings. The number of rotatable bonds is 5. The maximum absolute atomic E-state index is 5.94. The van der Waals surface area contributed by atoms with Crippen molar-refractivity contribution in [3.05, 3.63) is 36.0 Å². The number of aromatic nitrogens is 1. The molecule has 0 bridgehead atoms. The molecule has 18 heavy (non-hydrogen) atoms. The molecule has 0 fully saturated rings. The van der Waals surface area contributed by atoms with E-state index in [2.05, 4.69) is 24.9 Å². The normalized spacial score (nSPS) is 12.6. The monoisotopic (exact) mass is 244 g/mol. The van der Waals surface area contributed by atoms with Crippen LogP contribution in [-0.4, -0.2) is 11.1 Å². The van der Waals surface area contributed by atoms with Crippen LogP contribution in [0.4, 0.5) is 0 Å². The molecular formula is C15H20N2O. The molecule has 2 rings (SSSR count). The lowest BCUT2D eigenvalue weighted by Crippen LogP contribution is -2.13. The van der Waals surface area contributed by atoms with E-state index in [9.17, 15) is 0 Å². The number of ether oxygens (including phenoxy) is 1. The summed E-state index contributed by atoms with van der Waals surface area (Å²) >= 11 is 0. The number of hydrogen-bond donors (Lipinski definition) is 1. The van der Waals surface area contributed by atoms with Crippen LogP contribution in [0.3, 0.4) is 0 Å².